The van der Waals surface area contributed by atoms with Crippen molar-refractivity contribution in [3.8, 4) is 0 Å². The number of ether oxygens (including phenoxy) is 1. The number of nitrogens with one attached hydrogen (secondary N) is 1. The summed E-state index contributed by atoms with van der Waals surface area (Å²) in [5.41, 5.74) is 0.328. The third-order valence-corrected chi connectivity index (χ3v) is 1.74. The number of carboxylic acids is 1. The predicted molar refractivity (Wildman–Crippen MR) is 54.0 cm³/mol. The van der Waals surface area contributed by atoms with E-state index in [0.29, 0.717) is 17.9 Å². The van der Waals surface area contributed by atoms with Gasteiger partial charge in [-0.2, -0.15) is 0 Å². The Morgan fingerprint density at radius 2 is 2.31 bits per heavy atom. The van der Waals surface area contributed by atoms with Crippen LogP contribution in [0, 0.1) is 0 Å². The zero-order chi connectivity index (χ0) is 12.0. The van der Waals surface area contributed by atoms with Crippen molar-refractivity contribution < 1.29 is 23.8 Å². The van der Waals surface area contributed by atoms with Crippen LogP contribution in [-0.4, -0.2) is 30.2 Å². The minimum absolute atomic E-state index is 0.157. The monoisotopic (exact) mass is 227 g/mol. The molecule has 0 spiro atoms. The van der Waals surface area contributed by atoms with E-state index >= 15 is 0 Å². The quantitative estimate of drug-likeness (QED) is 0.693. The molecule has 1 heterocycles. The summed E-state index contributed by atoms with van der Waals surface area (Å²) in [7, 11) is 0. The Bertz CT molecular complexity index is 371. The van der Waals surface area contributed by atoms with Crippen LogP contribution in [0.1, 0.15) is 23.0 Å². The molecule has 0 saturated carbocycles. The van der Waals surface area contributed by atoms with Gasteiger partial charge in [0.2, 0.25) is 0 Å². The van der Waals surface area contributed by atoms with Crippen molar-refractivity contribution in [3.05, 3.63) is 23.7 Å². The predicted octanol–water partition coefficient (Wildman–Crippen LogP) is 0.631. The number of carbonyl (C=O) groups excluding carboxylic acids is 1. The number of furan rings is 1. The molecular formula is C10H13NO5. The number of carbonyl (C=O) groups is 2. The topological polar surface area (TPSA) is 88.8 Å². The fraction of sp³-hybridized carbons (Fsp3) is 0.400. The van der Waals surface area contributed by atoms with E-state index in [4.69, 9.17) is 14.3 Å². The molecule has 1 aromatic heterocycles. The number of hydrogen-bond acceptors (Lipinski definition) is 5. The molecule has 0 amide bonds. The van der Waals surface area contributed by atoms with Gasteiger partial charge in [-0.25, -0.2) is 4.79 Å². The summed E-state index contributed by atoms with van der Waals surface area (Å²) < 4.78 is 9.83. The van der Waals surface area contributed by atoms with Crippen LogP contribution >= 0.6 is 0 Å². The van der Waals surface area contributed by atoms with Gasteiger partial charge in [-0.15, -0.1) is 0 Å². The molecule has 0 saturated heterocycles. The Balaban J connectivity index is 2.45. The third kappa shape index (κ3) is 3.74. The second-order valence-corrected chi connectivity index (χ2v) is 3.02. The molecule has 6 heteroatoms. The first-order valence-electron chi connectivity index (χ1n) is 4.80. The van der Waals surface area contributed by atoms with Crippen molar-refractivity contribution in [2.75, 3.05) is 13.2 Å². The van der Waals surface area contributed by atoms with Crippen molar-refractivity contribution in [2.45, 2.75) is 13.5 Å². The standard InChI is InChI=1S/C10H13NO5/c1-2-15-10(14)7-3-8(16-6-7)4-11-5-9(12)13/h3,6,11H,2,4-5H2,1H3,(H,12,13). The summed E-state index contributed by atoms with van der Waals surface area (Å²) in [6.45, 7) is 2.12. The van der Waals surface area contributed by atoms with E-state index < -0.39 is 11.9 Å². The van der Waals surface area contributed by atoms with E-state index in [-0.39, 0.29) is 13.1 Å². The molecule has 1 rings (SSSR count). The largest absolute Gasteiger partial charge is 0.480 e. The Hall–Kier alpha value is -1.82. The van der Waals surface area contributed by atoms with Crippen molar-refractivity contribution in [2.24, 2.45) is 0 Å². The molecule has 88 valence electrons. The van der Waals surface area contributed by atoms with Gasteiger partial charge in [0.05, 0.1) is 25.3 Å². The fourth-order valence-corrected chi connectivity index (χ4v) is 1.09. The molecule has 0 unspecified atom stereocenters. The van der Waals surface area contributed by atoms with E-state index in [1.54, 1.807) is 6.92 Å². The number of rotatable bonds is 6. The highest BCUT2D eigenvalue weighted by molar-refractivity contribution is 5.89. The summed E-state index contributed by atoms with van der Waals surface area (Å²) in [5.74, 6) is -0.905. The number of carboxylic acid groups (broad SMARTS) is 1. The lowest BCUT2D eigenvalue weighted by molar-refractivity contribution is -0.136. The van der Waals surface area contributed by atoms with Gasteiger partial charge in [0.25, 0.3) is 0 Å². The van der Waals surface area contributed by atoms with E-state index in [9.17, 15) is 9.59 Å². The Kier molecular flexibility index (Phi) is 4.53. The van der Waals surface area contributed by atoms with Gasteiger partial charge >= 0.3 is 11.9 Å². The van der Waals surface area contributed by atoms with Crippen LogP contribution in [0.4, 0.5) is 0 Å². The fourth-order valence-electron chi connectivity index (χ4n) is 1.09. The first-order valence-corrected chi connectivity index (χ1v) is 4.80. The van der Waals surface area contributed by atoms with Gasteiger partial charge in [0.1, 0.15) is 12.0 Å². The van der Waals surface area contributed by atoms with Crippen LogP contribution in [0.25, 0.3) is 0 Å². The molecule has 6 nitrogen and oxygen atoms in total. The molecule has 0 aliphatic rings. The van der Waals surface area contributed by atoms with E-state index in [2.05, 4.69) is 5.32 Å². The van der Waals surface area contributed by atoms with Gasteiger partial charge in [0.15, 0.2) is 0 Å². The SMILES string of the molecule is CCOC(=O)c1coc(CNCC(=O)O)c1. The summed E-state index contributed by atoms with van der Waals surface area (Å²) in [6.07, 6.45) is 1.29. The maximum Gasteiger partial charge on any atom is 0.341 e. The Morgan fingerprint density at radius 1 is 1.56 bits per heavy atom. The molecular weight excluding hydrogens is 214 g/mol. The van der Waals surface area contributed by atoms with Gasteiger partial charge in [-0.1, -0.05) is 0 Å². The summed E-state index contributed by atoms with van der Waals surface area (Å²) in [4.78, 5) is 21.5. The lowest BCUT2D eigenvalue weighted by Gasteiger charge is -1.97. The maximum absolute atomic E-state index is 11.2. The average Bonchev–Trinajstić information content (AvgIpc) is 2.66. The van der Waals surface area contributed by atoms with Gasteiger partial charge in [-0.3, -0.25) is 10.1 Å². The highest BCUT2D eigenvalue weighted by Gasteiger charge is 2.10. The van der Waals surface area contributed by atoms with Crippen LogP contribution in [0.2, 0.25) is 0 Å². The highest BCUT2D eigenvalue weighted by atomic mass is 16.5. The molecule has 0 radical (unpaired) electrons. The lowest BCUT2D eigenvalue weighted by Crippen LogP contribution is -2.21. The molecule has 0 fully saturated rings. The Labute approximate surface area is 92.2 Å². The van der Waals surface area contributed by atoms with Crippen molar-refractivity contribution in [1.29, 1.82) is 0 Å². The third-order valence-electron chi connectivity index (χ3n) is 1.74. The van der Waals surface area contributed by atoms with E-state index in [1.165, 1.54) is 12.3 Å². The van der Waals surface area contributed by atoms with Crippen molar-refractivity contribution in [1.82, 2.24) is 5.32 Å². The van der Waals surface area contributed by atoms with Crippen LogP contribution in [-0.2, 0) is 16.1 Å². The molecule has 0 aromatic carbocycles. The zero-order valence-electron chi connectivity index (χ0n) is 8.86. The summed E-state index contributed by atoms with van der Waals surface area (Å²) >= 11 is 0. The van der Waals surface area contributed by atoms with Crippen LogP contribution in [0.3, 0.4) is 0 Å². The molecule has 0 aliphatic heterocycles. The minimum atomic E-state index is -0.947. The molecule has 0 bridgehead atoms. The van der Waals surface area contributed by atoms with Crippen LogP contribution < -0.4 is 5.32 Å². The normalized spacial score (nSPS) is 10.1. The molecule has 1 aromatic rings. The summed E-state index contributed by atoms with van der Waals surface area (Å²) in [6, 6.07) is 1.52. The van der Waals surface area contributed by atoms with Crippen LogP contribution in [0.15, 0.2) is 16.7 Å². The first-order chi connectivity index (χ1) is 7.63. The number of esters is 1. The molecule has 0 atom stereocenters. The van der Waals surface area contributed by atoms with Gasteiger partial charge in [0, 0.05) is 0 Å². The van der Waals surface area contributed by atoms with Gasteiger partial charge < -0.3 is 14.3 Å². The van der Waals surface area contributed by atoms with Crippen molar-refractivity contribution >= 4 is 11.9 Å². The van der Waals surface area contributed by atoms with Crippen molar-refractivity contribution in [3.63, 3.8) is 0 Å². The minimum Gasteiger partial charge on any atom is -0.480 e. The smallest absolute Gasteiger partial charge is 0.341 e. The zero-order valence-corrected chi connectivity index (χ0v) is 8.86. The summed E-state index contributed by atoms with van der Waals surface area (Å²) in [5, 5.41) is 11.0. The lowest BCUT2D eigenvalue weighted by atomic mass is 10.3. The molecule has 2 N–H and O–H groups in total. The second kappa shape index (κ2) is 5.92. The second-order valence-electron chi connectivity index (χ2n) is 3.02. The molecule has 16 heavy (non-hydrogen) atoms. The maximum atomic E-state index is 11.2. The van der Waals surface area contributed by atoms with E-state index in [0.717, 1.165) is 0 Å². The average molecular weight is 227 g/mol. The van der Waals surface area contributed by atoms with E-state index in [1.807, 2.05) is 0 Å². The Morgan fingerprint density at radius 3 is 2.94 bits per heavy atom. The first kappa shape index (κ1) is 12.3. The molecule has 0 aliphatic carbocycles. The highest BCUT2D eigenvalue weighted by Crippen LogP contribution is 2.08. The van der Waals surface area contributed by atoms with Crippen LogP contribution in [0.5, 0.6) is 0 Å². The number of aliphatic carboxylic acids is 1. The number of hydrogen-bond donors (Lipinski definition) is 2. The van der Waals surface area contributed by atoms with Gasteiger partial charge in [-0.05, 0) is 13.0 Å².